The van der Waals surface area contributed by atoms with E-state index < -0.39 is 0 Å². The van der Waals surface area contributed by atoms with Crippen LogP contribution in [0, 0.1) is 0 Å². The van der Waals surface area contributed by atoms with Crippen LogP contribution >= 0.6 is 0 Å². The Hall–Kier alpha value is -4.30. The molecule has 8 heteroatoms. The number of hydrogen-bond donors (Lipinski definition) is 0. The van der Waals surface area contributed by atoms with Gasteiger partial charge < -0.3 is 18.8 Å². The molecule has 1 saturated heterocycles. The second-order valence-corrected chi connectivity index (χ2v) is 9.09. The number of anilines is 1. The summed E-state index contributed by atoms with van der Waals surface area (Å²) < 4.78 is 13.4. The molecule has 6 rings (SSSR count). The van der Waals surface area contributed by atoms with E-state index in [0.29, 0.717) is 38.5 Å². The van der Waals surface area contributed by atoms with Crippen molar-refractivity contribution in [3.8, 4) is 5.88 Å². The summed E-state index contributed by atoms with van der Waals surface area (Å²) in [6.07, 6.45) is 8.94. The van der Waals surface area contributed by atoms with E-state index in [4.69, 9.17) is 19.4 Å². The first-order chi connectivity index (χ1) is 18.3. The Morgan fingerprint density at radius 3 is 2.54 bits per heavy atom. The minimum atomic E-state index is 0.492. The molecule has 1 aliphatic heterocycles. The molecule has 0 aliphatic carbocycles. The Kier molecular flexibility index (Phi) is 6.72. The molecule has 0 atom stereocenters. The molecule has 186 valence electrons. The number of nitrogens with zero attached hydrogens (tertiary/aromatic N) is 6. The Morgan fingerprint density at radius 2 is 1.70 bits per heavy atom. The second kappa shape index (κ2) is 10.8. The number of benzene rings is 1. The van der Waals surface area contributed by atoms with Gasteiger partial charge in [-0.3, -0.25) is 0 Å². The first-order valence-corrected chi connectivity index (χ1v) is 12.5. The monoisotopic (exact) mass is 492 g/mol. The lowest BCUT2D eigenvalue weighted by Crippen LogP contribution is -2.37. The maximum atomic E-state index is 5.84. The van der Waals surface area contributed by atoms with E-state index in [2.05, 4.69) is 33.1 Å². The van der Waals surface area contributed by atoms with Crippen LogP contribution in [0.25, 0.3) is 5.65 Å². The van der Waals surface area contributed by atoms with Gasteiger partial charge in [0.25, 0.3) is 0 Å². The highest BCUT2D eigenvalue weighted by atomic mass is 16.5. The summed E-state index contributed by atoms with van der Waals surface area (Å²) in [5, 5.41) is 0. The molecule has 0 N–H and O–H groups in total. The van der Waals surface area contributed by atoms with Crippen LogP contribution in [0.2, 0.25) is 0 Å². The fourth-order valence-corrected chi connectivity index (χ4v) is 4.45. The average molecular weight is 493 g/mol. The van der Waals surface area contributed by atoms with Crippen molar-refractivity contribution in [2.75, 3.05) is 31.2 Å². The zero-order valence-corrected chi connectivity index (χ0v) is 20.5. The number of morpholine rings is 1. The number of pyridine rings is 2. The molecule has 8 nitrogen and oxygen atoms in total. The highest BCUT2D eigenvalue weighted by molar-refractivity contribution is 5.45. The fourth-order valence-electron chi connectivity index (χ4n) is 4.45. The van der Waals surface area contributed by atoms with Crippen LogP contribution in [0.4, 0.5) is 5.82 Å². The molecule has 1 aliphatic rings. The van der Waals surface area contributed by atoms with Crippen LogP contribution in [0.5, 0.6) is 5.88 Å². The third-order valence-electron chi connectivity index (χ3n) is 6.38. The highest BCUT2D eigenvalue weighted by Gasteiger charge is 2.16. The molecule has 1 aromatic carbocycles. The van der Waals surface area contributed by atoms with Crippen molar-refractivity contribution in [3.63, 3.8) is 0 Å². The lowest BCUT2D eigenvalue weighted by atomic mass is 10.1. The van der Waals surface area contributed by atoms with Gasteiger partial charge in [0, 0.05) is 62.9 Å². The maximum absolute atomic E-state index is 5.84. The lowest BCUT2D eigenvalue weighted by molar-refractivity contribution is 0.122. The lowest BCUT2D eigenvalue weighted by Gasteiger charge is -2.28. The number of fused-ring (bicyclic) bond motifs is 1. The Balaban J connectivity index is 1.21. The SMILES string of the molecule is c1ccc(COc2ccc(Cc3nc(Cc4ccn5ccnc5c4)cc(N4CCOCC4)n3)cn2)cc1. The van der Waals surface area contributed by atoms with Gasteiger partial charge in [0.15, 0.2) is 0 Å². The molecule has 0 bridgehead atoms. The van der Waals surface area contributed by atoms with Crippen molar-refractivity contribution in [3.05, 3.63) is 114 Å². The first kappa shape index (κ1) is 23.1. The normalized spacial score (nSPS) is 13.7. The molecule has 0 unspecified atom stereocenters. The van der Waals surface area contributed by atoms with Gasteiger partial charge in [-0.1, -0.05) is 36.4 Å². The maximum Gasteiger partial charge on any atom is 0.213 e. The van der Waals surface area contributed by atoms with Crippen LogP contribution in [0.1, 0.15) is 28.2 Å². The summed E-state index contributed by atoms with van der Waals surface area (Å²) in [7, 11) is 0. The van der Waals surface area contributed by atoms with E-state index in [1.54, 1.807) is 0 Å². The van der Waals surface area contributed by atoms with Crippen LogP contribution in [-0.2, 0) is 24.2 Å². The largest absolute Gasteiger partial charge is 0.473 e. The minimum Gasteiger partial charge on any atom is -0.473 e. The molecule has 1 fully saturated rings. The van der Waals surface area contributed by atoms with Crippen molar-refractivity contribution in [2.45, 2.75) is 19.4 Å². The topological polar surface area (TPSA) is 77.7 Å². The van der Waals surface area contributed by atoms with Crippen molar-refractivity contribution in [2.24, 2.45) is 0 Å². The summed E-state index contributed by atoms with van der Waals surface area (Å²) >= 11 is 0. The van der Waals surface area contributed by atoms with Crippen LogP contribution < -0.4 is 9.64 Å². The standard InChI is InChI=1S/C29H28N6O2/c1-2-4-22(5-3-1)21-37-29-7-6-24(20-31-29)17-26-32-25(19-28(33-26)35-12-14-36-15-13-35)16-23-8-10-34-11-9-30-27(34)18-23/h1-11,18-20H,12-17,21H2. The Labute approximate surface area is 215 Å². The Bertz CT molecular complexity index is 1460. The molecular formula is C29H28N6O2. The van der Waals surface area contributed by atoms with Crippen molar-refractivity contribution in [1.82, 2.24) is 24.3 Å². The molecule has 0 amide bonds. The van der Waals surface area contributed by atoms with Crippen molar-refractivity contribution < 1.29 is 9.47 Å². The number of imidazole rings is 1. The zero-order chi connectivity index (χ0) is 24.9. The third-order valence-corrected chi connectivity index (χ3v) is 6.38. The smallest absolute Gasteiger partial charge is 0.213 e. The van der Waals surface area contributed by atoms with Crippen LogP contribution in [-0.4, -0.2) is 50.6 Å². The van der Waals surface area contributed by atoms with Gasteiger partial charge in [-0.05, 0) is 28.8 Å². The highest BCUT2D eigenvalue weighted by Crippen LogP contribution is 2.20. The van der Waals surface area contributed by atoms with Crippen LogP contribution in [0.3, 0.4) is 0 Å². The Morgan fingerprint density at radius 1 is 0.811 bits per heavy atom. The average Bonchev–Trinajstić information content (AvgIpc) is 3.42. The van der Waals surface area contributed by atoms with E-state index in [1.807, 2.05) is 71.7 Å². The minimum absolute atomic E-state index is 0.492. The van der Waals surface area contributed by atoms with Gasteiger partial charge in [-0.25, -0.2) is 19.9 Å². The van der Waals surface area contributed by atoms with E-state index in [1.165, 1.54) is 0 Å². The van der Waals surface area contributed by atoms with E-state index in [-0.39, 0.29) is 0 Å². The summed E-state index contributed by atoms with van der Waals surface area (Å²) in [5.41, 5.74) is 5.23. The first-order valence-electron chi connectivity index (χ1n) is 12.5. The molecule has 0 radical (unpaired) electrons. The number of hydrogen-bond acceptors (Lipinski definition) is 7. The zero-order valence-electron chi connectivity index (χ0n) is 20.5. The molecule has 4 aromatic heterocycles. The summed E-state index contributed by atoms with van der Waals surface area (Å²) in [6.45, 7) is 3.56. The van der Waals surface area contributed by atoms with Gasteiger partial charge >= 0.3 is 0 Å². The predicted molar refractivity (Wildman–Crippen MR) is 141 cm³/mol. The molecule has 5 aromatic rings. The van der Waals surface area contributed by atoms with E-state index in [0.717, 1.165) is 52.8 Å². The molecule has 0 spiro atoms. The number of rotatable bonds is 8. The van der Waals surface area contributed by atoms with Gasteiger partial charge in [-0.15, -0.1) is 0 Å². The predicted octanol–water partition coefficient (Wildman–Crippen LogP) is 4.12. The molecule has 5 heterocycles. The molecule has 37 heavy (non-hydrogen) atoms. The second-order valence-electron chi connectivity index (χ2n) is 9.09. The van der Waals surface area contributed by atoms with Crippen LogP contribution in [0.15, 0.2) is 85.5 Å². The summed E-state index contributed by atoms with van der Waals surface area (Å²) in [4.78, 5) is 21.0. The number of ether oxygens (including phenoxy) is 2. The van der Waals surface area contributed by atoms with Gasteiger partial charge in [0.2, 0.25) is 5.88 Å². The summed E-state index contributed by atoms with van der Waals surface area (Å²) in [5.74, 6) is 2.33. The quantitative estimate of drug-likeness (QED) is 0.323. The van der Waals surface area contributed by atoms with Crippen molar-refractivity contribution >= 4 is 11.5 Å². The summed E-state index contributed by atoms with van der Waals surface area (Å²) in [6, 6.07) is 20.3. The molecular weight excluding hydrogens is 464 g/mol. The third kappa shape index (κ3) is 5.76. The van der Waals surface area contributed by atoms with E-state index in [9.17, 15) is 0 Å². The van der Waals surface area contributed by atoms with Gasteiger partial charge in [-0.2, -0.15) is 0 Å². The van der Waals surface area contributed by atoms with Crippen molar-refractivity contribution in [1.29, 1.82) is 0 Å². The molecule has 0 saturated carbocycles. The fraction of sp³-hybridized carbons (Fsp3) is 0.241. The van der Waals surface area contributed by atoms with E-state index >= 15 is 0 Å². The van der Waals surface area contributed by atoms with Gasteiger partial charge in [0.05, 0.1) is 18.9 Å². The van der Waals surface area contributed by atoms with Gasteiger partial charge in [0.1, 0.15) is 23.9 Å². The number of aromatic nitrogens is 5.